The van der Waals surface area contributed by atoms with E-state index < -0.39 is 127 Å². The zero-order chi connectivity index (χ0) is 51.1. The molecule has 0 aromatic rings. The lowest BCUT2D eigenvalue weighted by molar-refractivity contribution is -0.144. The lowest BCUT2D eigenvalue weighted by Crippen LogP contribution is -2.57. The van der Waals surface area contributed by atoms with E-state index in [9.17, 15) is 63.0 Å². The van der Waals surface area contributed by atoms with Gasteiger partial charge in [-0.25, -0.2) is 4.79 Å². The zero-order valence-corrected chi connectivity index (χ0v) is 40.2. The molecule has 2 aliphatic heterocycles. The van der Waals surface area contributed by atoms with Crippen LogP contribution in [0.2, 0.25) is 0 Å². The Morgan fingerprint density at radius 2 is 1.26 bits per heavy atom. The second-order valence-electron chi connectivity index (χ2n) is 18.3. The predicted molar refractivity (Wildman–Crippen MR) is 245 cm³/mol. The fourth-order valence-electron chi connectivity index (χ4n) is 7.71. The second kappa shape index (κ2) is 29.8. The van der Waals surface area contributed by atoms with Crippen LogP contribution in [0.15, 0.2) is 0 Å². The van der Waals surface area contributed by atoms with Gasteiger partial charge in [-0.15, -0.1) is 0 Å². The molecule has 13 N–H and O–H groups in total. The third-order valence-corrected chi connectivity index (χ3v) is 11.4. The molecule has 2 heterocycles. The summed E-state index contributed by atoms with van der Waals surface area (Å²) in [5.74, 6) is -8.52. The van der Waals surface area contributed by atoms with Crippen molar-refractivity contribution in [3.63, 3.8) is 0 Å². The Kier molecular flexibility index (Phi) is 25.5. The predicted octanol–water partition coefficient (Wildman–Crippen LogP) is -3.24. The van der Waals surface area contributed by atoms with E-state index in [0.717, 1.165) is 12.8 Å². The van der Waals surface area contributed by atoms with Crippen LogP contribution in [0.3, 0.4) is 0 Å². The minimum atomic E-state index is -1.34. The molecule has 24 heteroatoms. The van der Waals surface area contributed by atoms with Gasteiger partial charge in [-0.1, -0.05) is 53.9 Å². The third kappa shape index (κ3) is 20.9. The van der Waals surface area contributed by atoms with Gasteiger partial charge in [0.05, 0.1) is 25.7 Å². The van der Waals surface area contributed by atoms with Gasteiger partial charge in [0.1, 0.15) is 36.3 Å². The highest BCUT2D eigenvalue weighted by atomic mass is 16.4. The van der Waals surface area contributed by atoms with Crippen LogP contribution in [-0.2, 0) is 52.7 Å². The van der Waals surface area contributed by atoms with Crippen molar-refractivity contribution in [2.75, 3.05) is 39.3 Å². The molecule has 0 radical (unpaired) electrons. The molecule has 2 aliphatic rings. The van der Waals surface area contributed by atoms with Gasteiger partial charge in [0.2, 0.25) is 59.1 Å². The maximum atomic E-state index is 13.5. The number of aliphatic carboxylic acids is 1. The fourth-order valence-corrected chi connectivity index (χ4v) is 7.71. The van der Waals surface area contributed by atoms with E-state index in [1.54, 1.807) is 27.7 Å². The van der Waals surface area contributed by atoms with E-state index in [-0.39, 0.29) is 63.0 Å². The monoisotopic (exact) mass is 966 g/mol. The average Bonchev–Trinajstić information content (AvgIpc) is 3.98. The van der Waals surface area contributed by atoms with Gasteiger partial charge in [-0.2, -0.15) is 0 Å². The number of carbonyl (C=O) groups excluding carboxylic acids is 10. The Labute approximate surface area is 397 Å². The minimum Gasteiger partial charge on any atom is -0.480 e. The van der Waals surface area contributed by atoms with Crippen LogP contribution in [0.5, 0.6) is 0 Å². The molecule has 2 fully saturated rings. The minimum absolute atomic E-state index is 0.0965. The lowest BCUT2D eigenvalue weighted by atomic mass is 10.0. The first kappa shape index (κ1) is 58.2. The number of likely N-dealkylation sites (tertiary alicyclic amines) is 1. The summed E-state index contributed by atoms with van der Waals surface area (Å²) in [5, 5.41) is 41.9. The number of nitrogens with zero attached hydrogens (tertiary/aromatic N) is 1. The highest BCUT2D eigenvalue weighted by molar-refractivity contribution is 5.97. The maximum Gasteiger partial charge on any atom is 0.326 e. The largest absolute Gasteiger partial charge is 0.480 e. The van der Waals surface area contributed by atoms with Gasteiger partial charge >= 0.3 is 5.97 Å². The van der Waals surface area contributed by atoms with Crippen molar-refractivity contribution in [2.24, 2.45) is 23.5 Å². The molecular formula is C44H75N11O13. The van der Waals surface area contributed by atoms with Crippen LogP contribution in [0.4, 0.5) is 0 Å². The van der Waals surface area contributed by atoms with Crippen molar-refractivity contribution < 1.29 is 63.0 Å². The molecule has 10 amide bonds. The molecule has 0 aromatic carbocycles. The van der Waals surface area contributed by atoms with Crippen LogP contribution in [0, 0.1) is 17.8 Å². The summed E-state index contributed by atoms with van der Waals surface area (Å²) in [5.41, 5.74) is 5.30. The molecule has 0 bridgehead atoms. The Hall–Kier alpha value is -5.91. The summed E-state index contributed by atoms with van der Waals surface area (Å²) in [6, 6.07) is -7.50. The number of amides is 10. The summed E-state index contributed by atoms with van der Waals surface area (Å²) in [6.07, 6.45) is 3.44. The number of unbranched alkanes of at least 4 members (excludes halogenated alkanes) is 2. The number of rotatable bonds is 30. The van der Waals surface area contributed by atoms with Gasteiger partial charge in [0.15, 0.2) is 0 Å². The summed E-state index contributed by atoms with van der Waals surface area (Å²) < 4.78 is 0. The highest BCUT2D eigenvalue weighted by Gasteiger charge is 2.37. The smallest absolute Gasteiger partial charge is 0.326 e. The van der Waals surface area contributed by atoms with Crippen molar-refractivity contribution in [3.05, 3.63) is 0 Å². The number of aliphatic hydroxyl groups is 1. The summed E-state index contributed by atoms with van der Waals surface area (Å²) in [7, 11) is 0. The highest BCUT2D eigenvalue weighted by Crippen LogP contribution is 2.18. The maximum absolute atomic E-state index is 13.5. The van der Waals surface area contributed by atoms with E-state index >= 15 is 0 Å². The zero-order valence-electron chi connectivity index (χ0n) is 40.2. The van der Waals surface area contributed by atoms with Gasteiger partial charge in [-0.3, -0.25) is 47.9 Å². The Bertz CT molecular complexity index is 1780. The molecule has 0 saturated carbocycles. The molecule has 0 spiro atoms. The number of primary amides is 1. The van der Waals surface area contributed by atoms with Gasteiger partial charge in [-0.05, 0) is 69.6 Å². The molecular weight excluding hydrogens is 891 g/mol. The van der Waals surface area contributed by atoms with Crippen LogP contribution in [-0.4, -0.2) is 162 Å². The molecule has 0 aromatic heterocycles. The molecule has 68 heavy (non-hydrogen) atoms. The first-order valence-corrected chi connectivity index (χ1v) is 23.5. The number of nitrogens with two attached hydrogens (primary N) is 1. The van der Waals surface area contributed by atoms with E-state index in [4.69, 9.17) is 5.73 Å². The van der Waals surface area contributed by atoms with E-state index in [1.165, 1.54) is 11.8 Å². The number of aliphatic hydroxyl groups excluding tert-OH is 1. The number of hydrogen-bond acceptors (Lipinski definition) is 13. The normalized spacial score (nSPS) is 18.8. The molecule has 0 aliphatic carbocycles. The summed E-state index contributed by atoms with van der Waals surface area (Å²) in [4.78, 5) is 143. The van der Waals surface area contributed by atoms with Crippen molar-refractivity contribution in [2.45, 2.75) is 154 Å². The van der Waals surface area contributed by atoms with Crippen LogP contribution in [0.1, 0.15) is 112 Å². The number of nitrogens with one attached hydrogen (secondary N) is 9. The molecule has 2 saturated heterocycles. The standard InChI is InChI=1S/C44H75N11O13/c1-7-8-9-11-29(44(67)68)53-43(66)33-12-10-15-55(33)37(60)22-49-38(61)26(6)50-42(65)32(17-25(4)5)52-36(59)21-48-40(63)31(16-24(2)3)54-41(64)28(13-14-34(45)57)51-35(58)20-47-39(62)30-18-27(23-56)19-46-30/h24-33,46,56H,7-23H2,1-6H3,(H2,45,57)(H,47,62)(H,48,63)(H,49,61)(H,50,65)(H,51,58)(H,52,59)(H,53,66)(H,54,64)(H,67,68)/t26-,27+,28-,29-,30-,31-,32-,33-/m0/s1. The number of hydrogen-bond donors (Lipinski definition) is 12. The van der Waals surface area contributed by atoms with Gasteiger partial charge in [0.25, 0.3) is 0 Å². The molecule has 2 rings (SSSR count). The second-order valence-corrected chi connectivity index (χ2v) is 18.3. The average molecular weight is 966 g/mol. The van der Waals surface area contributed by atoms with Crippen molar-refractivity contribution >= 4 is 65.0 Å². The molecule has 8 atom stereocenters. The van der Waals surface area contributed by atoms with Crippen molar-refractivity contribution in [1.29, 1.82) is 0 Å². The molecule has 384 valence electrons. The summed E-state index contributed by atoms with van der Waals surface area (Å²) in [6.45, 7) is 9.44. The number of carboxylic acid groups (broad SMARTS) is 1. The number of carboxylic acids is 1. The Morgan fingerprint density at radius 1 is 0.676 bits per heavy atom. The van der Waals surface area contributed by atoms with Crippen molar-refractivity contribution in [1.82, 2.24) is 52.8 Å². The summed E-state index contributed by atoms with van der Waals surface area (Å²) >= 11 is 0. The Balaban J connectivity index is 1.98. The fraction of sp³-hybridized carbons (Fsp3) is 0.750. The van der Waals surface area contributed by atoms with Crippen LogP contribution < -0.4 is 53.6 Å². The van der Waals surface area contributed by atoms with Crippen molar-refractivity contribution in [3.8, 4) is 0 Å². The van der Waals surface area contributed by atoms with E-state index in [2.05, 4.69) is 47.9 Å². The van der Waals surface area contributed by atoms with Gasteiger partial charge < -0.3 is 68.7 Å². The quantitative estimate of drug-likeness (QED) is 0.0315. The lowest BCUT2D eigenvalue weighted by Gasteiger charge is -2.26. The topological polar surface area (TPSA) is 366 Å². The third-order valence-electron chi connectivity index (χ3n) is 11.4. The van der Waals surface area contributed by atoms with E-state index in [1.807, 2.05) is 6.92 Å². The number of carbonyl (C=O) groups is 11. The first-order valence-electron chi connectivity index (χ1n) is 23.5. The van der Waals surface area contributed by atoms with E-state index in [0.29, 0.717) is 32.2 Å². The van der Waals surface area contributed by atoms with Gasteiger partial charge in [0, 0.05) is 26.1 Å². The Morgan fingerprint density at radius 3 is 1.84 bits per heavy atom. The first-order chi connectivity index (χ1) is 32.1. The molecule has 24 nitrogen and oxygen atoms in total. The molecule has 0 unspecified atom stereocenters. The van der Waals surface area contributed by atoms with Crippen LogP contribution >= 0.6 is 0 Å². The SMILES string of the molecule is CCCCC[C@H](NC(=O)[C@@H]1CCCN1C(=O)CNC(=O)[C@H](C)NC(=O)[C@H](CC(C)C)NC(=O)CNC(=O)[C@H](CC(C)C)NC(=O)[C@H](CCC(N)=O)NC(=O)CNC(=O)[C@@H]1C[C@@H](CO)CN1)C(=O)O. The van der Waals surface area contributed by atoms with Crippen LogP contribution in [0.25, 0.3) is 0 Å².